The van der Waals surface area contributed by atoms with Crippen molar-refractivity contribution in [2.24, 2.45) is 5.92 Å². The Morgan fingerprint density at radius 2 is 2.32 bits per heavy atom. The van der Waals surface area contributed by atoms with Gasteiger partial charge >= 0.3 is 6.03 Å². The third-order valence-electron chi connectivity index (χ3n) is 4.33. The normalized spacial score (nSPS) is 26.3. The summed E-state index contributed by atoms with van der Waals surface area (Å²) >= 11 is 0. The fraction of sp³-hybridized carbons (Fsp3) is 0.800. The Morgan fingerprint density at radius 3 is 2.95 bits per heavy atom. The van der Waals surface area contributed by atoms with Crippen molar-refractivity contribution in [3.8, 4) is 0 Å². The van der Waals surface area contributed by atoms with Crippen LogP contribution >= 0.6 is 0 Å². The molecule has 1 fully saturated rings. The highest BCUT2D eigenvalue weighted by Crippen LogP contribution is 2.26. The van der Waals surface area contributed by atoms with Crippen molar-refractivity contribution < 1.29 is 9.90 Å². The molecule has 0 aromatic heterocycles. The van der Waals surface area contributed by atoms with E-state index in [9.17, 15) is 9.90 Å². The lowest BCUT2D eigenvalue weighted by Gasteiger charge is -2.23. The van der Waals surface area contributed by atoms with Crippen molar-refractivity contribution >= 4 is 6.03 Å². The minimum absolute atomic E-state index is 0.0160. The fourth-order valence-corrected chi connectivity index (χ4v) is 3.09. The standard InChI is InChI=1S/C15H26N2O2/c1-17(11-13-7-4-8-14(13)18)15(19)16-10-9-12-5-2-3-6-12/h5,13-14,18H,2-4,6-11H2,1H3,(H,16,19). The van der Waals surface area contributed by atoms with Crippen LogP contribution in [0.5, 0.6) is 0 Å². The summed E-state index contributed by atoms with van der Waals surface area (Å²) in [6.45, 7) is 1.39. The van der Waals surface area contributed by atoms with Gasteiger partial charge in [-0.2, -0.15) is 0 Å². The number of carbonyl (C=O) groups excluding carboxylic acids is 1. The molecule has 0 spiro atoms. The van der Waals surface area contributed by atoms with Gasteiger partial charge in [0.15, 0.2) is 0 Å². The van der Waals surface area contributed by atoms with Crippen LogP contribution in [0.1, 0.15) is 44.9 Å². The van der Waals surface area contributed by atoms with E-state index in [1.807, 2.05) is 7.05 Å². The zero-order valence-electron chi connectivity index (χ0n) is 11.9. The molecule has 108 valence electrons. The first-order chi connectivity index (χ1) is 9.16. The van der Waals surface area contributed by atoms with Gasteiger partial charge in [-0.05, 0) is 38.5 Å². The summed E-state index contributed by atoms with van der Waals surface area (Å²) in [5.74, 6) is 0.258. The number of hydrogen-bond donors (Lipinski definition) is 2. The van der Waals surface area contributed by atoms with Crippen LogP contribution in [0.15, 0.2) is 11.6 Å². The number of amides is 2. The third-order valence-corrected chi connectivity index (χ3v) is 4.33. The number of carbonyl (C=O) groups is 1. The minimum Gasteiger partial charge on any atom is -0.393 e. The van der Waals surface area contributed by atoms with Crippen LogP contribution < -0.4 is 5.32 Å². The highest BCUT2D eigenvalue weighted by Gasteiger charge is 2.27. The predicted molar refractivity (Wildman–Crippen MR) is 75.9 cm³/mol. The van der Waals surface area contributed by atoms with Crippen LogP contribution in [-0.4, -0.2) is 42.3 Å². The fourth-order valence-electron chi connectivity index (χ4n) is 3.09. The summed E-state index contributed by atoms with van der Waals surface area (Å²) in [5.41, 5.74) is 1.48. The second-order valence-corrected chi connectivity index (χ2v) is 5.88. The molecule has 2 atom stereocenters. The lowest BCUT2D eigenvalue weighted by atomic mass is 10.1. The van der Waals surface area contributed by atoms with Crippen LogP contribution in [0.2, 0.25) is 0 Å². The molecular formula is C15H26N2O2. The lowest BCUT2D eigenvalue weighted by molar-refractivity contribution is 0.114. The first kappa shape index (κ1) is 14.4. The molecule has 0 aliphatic heterocycles. The number of allylic oxidation sites excluding steroid dienone is 1. The summed E-state index contributed by atoms with van der Waals surface area (Å²) in [4.78, 5) is 13.6. The van der Waals surface area contributed by atoms with E-state index in [1.54, 1.807) is 4.90 Å². The molecule has 2 aliphatic carbocycles. The Morgan fingerprint density at radius 1 is 1.47 bits per heavy atom. The Kier molecular flexibility index (Phi) is 5.25. The molecule has 0 aromatic rings. The maximum Gasteiger partial charge on any atom is 0.317 e. The van der Waals surface area contributed by atoms with Crippen molar-refractivity contribution in [1.82, 2.24) is 10.2 Å². The Hall–Kier alpha value is -1.03. The van der Waals surface area contributed by atoms with E-state index in [-0.39, 0.29) is 18.1 Å². The Balaban J connectivity index is 1.64. The molecule has 2 unspecified atom stereocenters. The number of aliphatic hydroxyl groups excluding tert-OH is 1. The second kappa shape index (κ2) is 6.94. The molecule has 4 heteroatoms. The molecule has 2 aliphatic rings. The summed E-state index contributed by atoms with van der Waals surface area (Å²) < 4.78 is 0. The van der Waals surface area contributed by atoms with Gasteiger partial charge in [0, 0.05) is 26.1 Å². The molecule has 19 heavy (non-hydrogen) atoms. The SMILES string of the molecule is CN(CC1CCCC1O)C(=O)NCCC1=CCCC1. The van der Waals surface area contributed by atoms with Gasteiger partial charge in [0.1, 0.15) is 0 Å². The smallest absolute Gasteiger partial charge is 0.317 e. The topological polar surface area (TPSA) is 52.6 Å². The van der Waals surface area contributed by atoms with E-state index in [0.717, 1.165) is 32.2 Å². The predicted octanol–water partition coefficient (Wildman–Crippen LogP) is 2.29. The second-order valence-electron chi connectivity index (χ2n) is 5.88. The van der Waals surface area contributed by atoms with Crippen molar-refractivity contribution in [3.05, 3.63) is 11.6 Å². The summed E-state index contributed by atoms with van der Waals surface area (Å²) in [6.07, 6.45) is 9.70. The molecule has 2 rings (SSSR count). The zero-order chi connectivity index (χ0) is 13.7. The molecule has 0 aromatic carbocycles. The van der Waals surface area contributed by atoms with E-state index in [1.165, 1.54) is 24.8 Å². The van der Waals surface area contributed by atoms with E-state index >= 15 is 0 Å². The molecule has 2 amide bonds. The van der Waals surface area contributed by atoms with E-state index in [2.05, 4.69) is 11.4 Å². The third kappa shape index (κ3) is 4.23. The number of aliphatic hydroxyl groups is 1. The summed E-state index contributed by atoms with van der Waals surface area (Å²) in [5, 5.41) is 12.7. The zero-order valence-corrected chi connectivity index (χ0v) is 11.9. The molecule has 0 bridgehead atoms. The van der Waals surface area contributed by atoms with Crippen molar-refractivity contribution in [2.45, 2.75) is 51.0 Å². The van der Waals surface area contributed by atoms with Crippen LogP contribution in [0, 0.1) is 5.92 Å². The lowest BCUT2D eigenvalue weighted by Crippen LogP contribution is -2.41. The number of urea groups is 1. The molecule has 2 N–H and O–H groups in total. The maximum absolute atomic E-state index is 11.9. The van der Waals surface area contributed by atoms with Gasteiger partial charge in [-0.1, -0.05) is 18.1 Å². The van der Waals surface area contributed by atoms with Gasteiger partial charge in [-0.15, -0.1) is 0 Å². The molecule has 0 saturated heterocycles. The largest absolute Gasteiger partial charge is 0.393 e. The molecule has 0 heterocycles. The van der Waals surface area contributed by atoms with Crippen molar-refractivity contribution in [2.75, 3.05) is 20.1 Å². The van der Waals surface area contributed by atoms with Crippen molar-refractivity contribution in [1.29, 1.82) is 0 Å². The van der Waals surface area contributed by atoms with Crippen LogP contribution in [0.25, 0.3) is 0 Å². The minimum atomic E-state index is -0.223. The number of nitrogens with zero attached hydrogens (tertiary/aromatic N) is 1. The Labute approximate surface area is 115 Å². The average Bonchev–Trinajstić information content (AvgIpc) is 3.02. The monoisotopic (exact) mass is 266 g/mol. The quantitative estimate of drug-likeness (QED) is 0.750. The Bertz CT molecular complexity index is 341. The molecule has 1 saturated carbocycles. The average molecular weight is 266 g/mol. The first-order valence-electron chi connectivity index (χ1n) is 7.52. The van der Waals surface area contributed by atoms with Gasteiger partial charge in [0.2, 0.25) is 0 Å². The van der Waals surface area contributed by atoms with Gasteiger partial charge < -0.3 is 15.3 Å². The van der Waals surface area contributed by atoms with Gasteiger partial charge in [0.05, 0.1) is 6.10 Å². The van der Waals surface area contributed by atoms with Gasteiger partial charge in [-0.3, -0.25) is 0 Å². The summed E-state index contributed by atoms with van der Waals surface area (Å²) in [7, 11) is 1.81. The molecule has 0 radical (unpaired) electrons. The number of rotatable bonds is 5. The first-order valence-corrected chi connectivity index (χ1v) is 7.52. The number of hydrogen-bond acceptors (Lipinski definition) is 2. The van der Waals surface area contributed by atoms with E-state index in [4.69, 9.17) is 0 Å². The highest BCUT2D eigenvalue weighted by atomic mass is 16.3. The molecular weight excluding hydrogens is 240 g/mol. The van der Waals surface area contributed by atoms with Gasteiger partial charge in [-0.25, -0.2) is 4.79 Å². The molecule has 4 nitrogen and oxygen atoms in total. The highest BCUT2D eigenvalue weighted by molar-refractivity contribution is 5.73. The number of nitrogens with one attached hydrogen (secondary N) is 1. The summed E-state index contributed by atoms with van der Waals surface area (Å²) in [6, 6.07) is -0.0160. The van der Waals surface area contributed by atoms with E-state index in [0.29, 0.717) is 6.54 Å². The van der Waals surface area contributed by atoms with Crippen LogP contribution in [0.3, 0.4) is 0 Å². The van der Waals surface area contributed by atoms with Gasteiger partial charge in [0.25, 0.3) is 0 Å². The van der Waals surface area contributed by atoms with E-state index < -0.39 is 0 Å². The maximum atomic E-state index is 11.9. The van der Waals surface area contributed by atoms with Crippen molar-refractivity contribution in [3.63, 3.8) is 0 Å². The van der Waals surface area contributed by atoms with Crippen LogP contribution in [-0.2, 0) is 0 Å². The van der Waals surface area contributed by atoms with Crippen LogP contribution in [0.4, 0.5) is 4.79 Å².